The summed E-state index contributed by atoms with van der Waals surface area (Å²) < 4.78 is 1.49. The van der Waals surface area contributed by atoms with Crippen molar-refractivity contribution < 1.29 is 4.79 Å². The first-order chi connectivity index (χ1) is 7.41. The van der Waals surface area contributed by atoms with Crippen molar-refractivity contribution in [1.29, 1.82) is 0 Å². The van der Waals surface area contributed by atoms with Crippen LogP contribution in [-0.4, -0.2) is 16.5 Å². The highest BCUT2D eigenvalue weighted by Gasteiger charge is 2.12. The fourth-order valence-electron chi connectivity index (χ4n) is 1.21. The molecule has 1 aromatic heterocycles. The quantitative estimate of drug-likeness (QED) is 0.867. The number of carbonyl (C=O) groups is 1. The average Bonchev–Trinajstić information content (AvgIpc) is 2.49. The van der Waals surface area contributed by atoms with Gasteiger partial charge in [0.15, 0.2) is 0 Å². The van der Waals surface area contributed by atoms with Crippen LogP contribution in [-0.2, 0) is 11.3 Å². The van der Waals surface area contributed by atoms with Crippen LogP contribution in [0.1, 0.15) is 26.5 Å². The highest BCUT2D eigenvalue weighted by molar-refractivity contribution is 7.07. The summed E-state index contributed by atoms with van der Waals surface area (Å²) in [6.45, 7) is 8.01. The van der Waals surface area contributed by atoms with Crippen molar-refractivity contribution in [2.75, 3.05) is 0 Å². The lowest BCUT2D eigenvalue weighted by molar-refractivity contribution is -0.122. The lowest BCUT2D eigenvalue weighted by Crippen LogP contribution is -2.39. The number of amides is 1. The monoisotopic (exact) mass is 242 g/mol. The number of hydrogen-bond donors (Lipinski definition) is 1. The molecule has 1 rings (SSSR count). The van der Waals surface area contributed by atoms with Crippen molar-refractivity contribution in [3.8, 4) is 0 Å². The summed E-state index contributed by atoms with van der Waals surface area (Å²) in [4.78, 5) is 23.0. The van der Waals surface area contributed by atoms with Crippen molar-refractivity contribution in [2.45, 2.75) is 40.3 Å². The summed E-state index contributed by atoms with van der Waals surface area (Å²) in [7, 11) is 0. The van der Waals surface area contributed by atoms with E-state index in [1.807, 2.05) is 27.7 Å². The van der Waals surface area contributed by atoms with Crippen LogP contribution in [0.5, 0.6) is 0 Å². The number of nitrogens with zero attached hydrogens (tertiary/aromatic N) is 1. The molecule has 0 unspecified atom stereocenters. The van der Waals surface area contributed by atoms with Gasteiger partial charge < -0.3 is 5.32 Å². The van der Waals surface area contributed by atoms with Crippen LogP contribution >= 0.6 is 11.3 Å². The molecule has 0 saturated carbocycles. The molecule has 0 aliphatic heterocycles. The molecule has 16 heavy (non-hydrogen) atoms. The summed E-state index contributed by atoms with van der Waals surface area (Å²) in [5.74, 6) is 0.286. The largest absolute Gasteiger partial charge is 0.352 e. The molecule has 0 aliphatic carbocycles. The topological polar surface area (TPSA) is 51.1 Å². The third-order valence-corrected chi connectivity index (χ3v) is 3.55. The zero-order valence-corrected chi connectivity index (χ0v) is 10.9. The van der Waals surface area contributed by atoms with Gasteiger partial charge in [0, 0.05) is 17.1 Å². The van der Waals surface area contributed by atoms with Crippen LogP contribution in [0.2, 0.25) is 0 Å². The Morgan fingerprint density at radius 3 is 2.56 bits per heavy atom. The minimum atomic E-state index is -0.107. The van der Waals surface area contributed by atoms with E-state index in [0.29, 0.717) is 5.92 Å². The fourth-order valence-corrected chi connectivity index (χ4v) is 1.94. The molecule has 1 amide bonds. The van der Waals surface area contributed by atoms with Gasteiger partial charge in [0.05, 0.1) is 0 Å². The Hall–Kier alpha value is -1.10. The maximum atomic E-state index is 11.7. The van der Waals surface area contributed by atoms with Gasteiger partial charge in [0.1, 0.15) is 6.54 Å². The molecule has 5 heteroatoms. The van der Waals surface area contributed by atoms with Gasteiger partial charge in [-0.1, -0.05) is 25.2 Å². The van der Waals surface area contributed by atoms with E-state index in [0.717, 1.165) is 17.0 Å². The second-order valence-electron chi connectivity index (χ2n) is 4.33. The summed E-state index contributed by atoms with van der Waals surface area (Å²) in [6, 6.07) is 0.127. The van der Waals surface area contributed by atoms with Crippen LogP contribution in [0.15, 0.2) is 10.2 Å². The minimum absolute atomic E-state index is 0.0788. The van der Waals surface area contributed by atoms with E-state index in [2.05, 4.69) is 5.32 Å². The first-order valence-corrected chi connectivity index (χ1v) is 6.24. The van der Waals surface area contributed by atoms with Gasteiger partial charge in [0.2, 0.25) is 5.91 Å². The predicted molar refractivity (Wildman–Crippen MR) is 65.8 cm³/mol. The Morgan fingerprint density at radius 2 is 2.12 bits per heavy atom. The Labute approximate surface area is 99.3 Å². The molecule has 1 aromatic rings. The molecule has 4 nitrogen and oxygen atoms in total. The lowest BCUT2D eigenvalue weighted by Gasteiger charge is -2.17. The molecular weight excluding hydrogens is 224 g/mol. The van der Waals surface area contributed by atoms with E-state index < -0.39 is 0 Å². The normalized spacial score (nSPS) is 12.8. The van der Waals surface area contributed by atoms with Crippen LogP contribution in [0.3, 0.4) is 0 Å². The Bertz CT molecular complexity index is 420. The number of thiazole rings is 1. The standard InChI is InChI=1S/C11H18N2O2S/c1-7(2)9(4)12-10(14)5-13-8(3)6-16-11(13)15/h6-7,9H,5H2,1-4H3,(H,12,14)/t9-/m0/s1. The minimum Gasteiger partial charge on any atom is -0.352 e. The van der Waals surface area contributed by atoms with Gasteiger partial charge in [-0.15, -0.1) is 0 Å². The van der Waals surface area contributed by atoms with E-state index in [1.165, 1.54) is 4.57 Å². The van der Waals surface area contributed by atoms with Crippen molar-refractivity contribution in [3.63, 3.8) is 0 Å². The molecule has 0 spiro atoms. The second-order valence-corrected chi connectivity index (χ2v) is 5.15. The smallest absolute Gasteiger partial charge is 0.307 e. The molecule has 1 heterocycles. The molecule has 0 saturated heterocycles. The maximum Gasteiger partial charge on any atom is 0.307 e. The van der Waals surface area contributed by atoms with Crippen LogP contribution in [0, 0.1) is 12.8 Å². The highest BCUT2D eigenvalue weighted by atomic mass is 32.1. The number of hydrogen-bond acceptors (Lipinski definition) is 3. The maximum absolute atomic E-state index is 11.7. The second kappa shape index (κ2) is 5.30. The van der Waals surface area contributed by atoms with E-state index in [4.69, 9.17) is 0 Å². The van der Waals surface area contributed by atoms with Gasteiger partial charge in [-0.2, -0.15) is 0 Å². The molecule has 1 N–H and O–H groups in total. The van der Waals surface area contributed by atoms with Gasteiger partial charge in [-0.3, -0.25) is 14.2 Å². The summed E-state index contributed by atoms with van der Waals surface area (Å²) >= 11 is 1.13. The zero-order chi connectivity index (χ0) is 12.3. The first-order valence-electron chi connectivity index (χ1n) is 5.36. The van der Waals surface area contributed by atoms with Crippen LogP contribution in [0.25, 0.3) is 0 Å². The number of carbonyl (C=O) groups excluding carboxylic acids is 1. The van der Waals surface area contributed by atoms with E-state index in [-0.39, 0.29) is 23.4 Å². The van der Waals surface area contributed by atoms with Crippen LogP contribution in [0.4, 0.5) is 0 Å². The number of aromatic nitrogens is 1. The lowest BCUT2D eigenvalue weighted by atomic mass is 10.1. The highest BCUT2D eigenvalue weighted by Crippen LogP contribution is 2.01. The third kappa shape index (κ3) is 3.20. The summed E-state index contributed by atoms with van der Waals surface area (Å²) in [6.07, 6.45) is 0. The third-order valence-electron chi connectivity index (χ3n) is 2.67. The molecule has 0 aliphatic rings. The molecule has 0 aromatic carbocycles. The molecule has 0 fully saturated rings. The van der Waals surface area contributed by atoms with E-state index >= 15 is 0 Å². The SMILES string of the molecule is Cc1csc(=O)n1CC(=O)N[C@@H](C)C(C)C. The van der Waals surface area contributed by atoms with Crippen LogP contribution < -0.4 is 10.2 Å². The first kappa shape index (κ1) is 13.0. The summed E-state index contributed by atoms with van der Waals surface area (Å²) in [5.41, 5.74) is 0.836. The van der Waals surface area contributed by atoms with Crippen molar-refractivity contribution in [2.24, 2.45) is 5.92 Å². The number of rotatable bonds is 4. The molecule has 0 bridgehead atoms. The Kier molecular flexibility index (Phi) is 4.29. The molecule has 1 atom stereocenters. The van der Waals surface area contributed by atoms with Crippen molar-refractivity contribution in [3.05, 3.63) is 20.7 Å². The fraction of sp³-hybridized carbons (Fsp3) is 0.636. The van der Waals surface area contributed by atoms with Gasteiger partial charge >= 0.3 is 4.87 Å². The number of aryl methyl sites for hydroxylation is 1. The van der Waals surface area contributed by atoms with Gasteiger partial charge in [-0.25, -0.2) is 0 Å². The molecular formula is C11H18N2O2S. The van der Waals surface area contributed by atoms with Gasteiger partial charge in [0.25, 0.3) is 0 Å². The summed E-state index contributed by atoms with van der Waals surface area (Å²) in [5, 5.41) is 4.64. The Morgan fingerprint density at radius 1 is 1.50 bits per heavy atom. The van der Waals surface area contributed by atoms with E-state index in [1.54, 1.807) is 5.38 Å². The Balaban J connectivity index is 2.62. The van der Waals surface area contributed by atoms with E-state index in [9.17, 15) is 9.59 Å². The molecule has 0 radical (unpaired) electrons. The average molecular weight is 242 g/mol. The predicted octanol–water partition coefficient (Wildman–Crippen LogP) is 1.38. The van der Waals surface area contributed by atoms with Crippen molar-refractivity contribution >= 4 is 17.2 Å². The number of nitrogens with one attached hydrogen (secondary N) is 1. The molecule has 90 valence electrons. The van der Waals surface area contributed by atoms with Gasteiger partial charge in [-0.05, 0) is 19.8 Å². The van der Waals surface area contributed by atoms with Crippen molar-refractivity contribution in [1.82, 2.24) is 9.88 Å². The zero-order valence-electron chi connectivity index (χ0n) is 10.1.